The molecule has 1 aromatic heterocycles. The molecular formula is C22H24N2O2. The Labute approximate surface area is 154 Å². The van der Waals surface area contributed by atoms with E-state index in [-0.39, 0.29) is 5.97 Å². The second kappa shape index (κ2) is 6.79. The Morgan fingerprint density at radius 1 is 1.00 bits per heavy atom. The first-order valence-corrected chi connectivity index (χ1v) is 8.71. The third-order valence-electron chi connectivity index (χ3n) is 4.14. The van der Waals surface area contributed by atoms with E-state index < -0.39 is 5.41 Å². The van der Waals surface area contributed by atoms with E-state index in [1.165, 1.54) is 5.56 Å². The van der Waals surface area contributed by atoms with Crippen LogP contribution in [0.5, 0.6) is 5.88 Å². The Morgan fingerprint density at radius 2 is 1.69 bits per heavy atom. The molecule has 0 spiro atoms. The minimum Gasteiger partial charge on any atom is -0.407 e. The first kappa shape index (κ1) is 17.9. The van der Waals surface area contributed by atoms with Gasteiger partial charge in [0.25, 0.3) is 0 Å². The Morgan fingerprint density at radius 3 is 2.31 bits per heavy atom. The van der Waals surface area contributed by atoms with Crippen LogP contribution in [0.4, 0.5) is 0 Å². The van der Waals surface area contributed by atoms with Crippen LogP contribution in [0.1, 0.15) is 31.9 Å². The number of esters is 1. The van der Waals surface area contributed by atoms with Crippen molar-refractivity contribution in [3.63, 3.8) is 0 Å². The SMILES string of the molecule is Cc1ccc(-n2nc(-c3ccccc3)cc2OC(=O)C(C)(C)C)c(C)c1. The Balaban J connectivity index is 2.11. The van der Waals surface area contributed by atoms with Gasteiger partial charge in [-0.3, -0.25) is 4.79 Å². The fraction of sp³-hybridized carbons (Fsp3) is 0.273. The lowest BCUT2D eigenvalue weighted by atomic mass is 9.97. The molecule has 0 radical (unpaired) electrons. The lowest BCUT2D eigenvalue weighted by molar-refractivity contribution is -0.143. The van der Waals surface area contributed by atoms with Gasteiger partial charge in [0.1, 0.15) is 0 Å². The molecule has 0 aliphatic carbocycles. The van der Waals surface area contributed by atoms with E-state index in [1.54, 1.807) is 4.68 Å². The summed E-state index contributed by atoms with van der Waals surface area (Å²) in [6.45, 7) is 9.60. The molecule has 4 heteroatoms. The number of carbonyl (C=O) groups is 1. The van der Waals surface area contributed by atoms with Gasteiger partial charge in [-0.25, -0.2) is 0 Å². The van der Waals surface area contributed by atoms with Crippen LogP contribution in [-0.4, -0.2) is 15.7 Å². The van der Waals surface area contributed by atoms with Crippen LogP contribution in [0.2, 0.25) is 0 Å². The van der Waals surface area contributed by atoms with E-state index in [0.717, 1.165) is 22.5 Å². The first-order valence-electron chi connectivity index (χ1n) is 8.71. The number of ether oxygens (including phenoxy) is 1. The second-order valence-electron chi connectivity index (χ2n) is 7.58. The van der Waals surface area contributed by atoms with E-state index in [1.807, 2.05) is 76.2 Å². The van der Waals surface area contributed by atoms with E-state index in [4.69, 9.17) is 9.84 Å². The van der Waals surface area contributed by atoms with Gasteiger partial charge in [-0.2, -0.15) is 9.78 Å². The standard InChI is InChI=1S/C22H24N2O2/c1-15-11-12-19(16(2)13-15)24-20(26-21(25)22(3,4)5)14-18(23-24)17-9-7-6-8-10-17/h6-14H,1-5H3. The summed E-state index contributed by atoms with van der Waals surface area (Å²) in [4.78, 5) is 12.4. The zero-order valence-electron chi connectivity index (χ0n) is 15.9. The van der Waals surface area contributed by atoms with Crippen molar-refractivity contribution in [2.75, 3.05) is 0 Å². The monoisotopic (exact) mass is 348 g/mol. The molecular weight excluding hydrogens is 324 g/mol. The lowest BCUT2D eigenvalue weighted by Crippen LogP contribution is -2.26. The minimum absolute atomic E-state index is 0.289. The fourth-order valence-corrected chi connectivity index (χ4v) is 2.65. The molecule has 0 N–H and O–H groups in total. The smallest absolute Gasteiger partial charge is 0.317 e. The highest BCUT2D eigenvalue weighted by Crippen LogP contribution is 2.29. The molecule has 3 aromatic rings. The minimum atomic E-state index is -0.593. The van der Waals surface area contributed by atoms with Crippen LogP contribution in [0.25, 0.3) is 16.9 Å². The summed E-state index contributed by atoms with van der Waals surface area (Å²) in [6.07, 6.45) is 0. The molecule has 2 aromatic carbocycles. The molecule has 0 bridgehead atoms. The number of hydrogen-bond acceptors (Lipinski definition) is 3. The molecule has 134 valence electrons. The third-order valence-corrected chi connectivity index (χ3v) is 4.14. The number of benzene rings is 2. The molecule has 0 aliphatic heterocycles. The summed E-state index contributed by atoms with van der Waals surface area (Å²) in [7, 11) is 0. The average molecular weight is 348 g/mol. The molecule has 3 rings (SSSR count). The molecule has 1 heterocycles. The number of hydrogen-bond donors (Lipinski definition) is 0. The number of aromatic nitrogens is 2. The predicted molar refractivity (Wildman–Crippen MR) is 104 cm³/mol. The van der Waals surface area contributed by atoms with Gasteiger partial charge in [-0.15, -0.1) is 0 Å². The maximum Gasteiger partial charge on any atom is 0.317 e. The quantitative estimate of drug-likeness (QED) is 0.618. The van der Waals surface area contributed by atoms with Gasteiger partial charge in [-0.05, 0) is 46.2 Å². The molecule has 0 aliphatic rings. The molecule has 0 unspecified atom stereocenters. The maximum atomic E-state index is 12.4. The van der Waals surface area contributed by atoms with Crippen LogP contribution in [0.3, 0.4) is 0 Å². The van der Waals surface area contributed by atoms with Crippen molar-refractivity contribution in [2.24, 2.45) is 5.41 Å². The topological polar surface area (TPSA) is 44.1 Å². The van der Waals surface area contributed by atoms with Gasteiger partial charge in [0.15, 0.2) is 0 Å². The third kappa shape index (κ3) is 3.69. The van der Waals surface area contributed by atoms with Crippen LogP contribution in [0, 0.1) is 19.3 Å². The number of nitrogens with zero attached hydrogens (tertiary/aromatic N) is 2. The van der Waals surface area contributed by atoms with Crippen molar-refractivity contribution in [1.29, 1.82) is 0 Å². The Hall–Kier alpha value is -2.88. The summed E-state index contributed by atoms with van der Waals surface area (Å²) in [6, 6.07) is 17.8. The highest BCUT2D eigenvalue weighted by Gasteiger charge is 2.26. The zero-order chi connectivity index (χ0) is 18.9. The number of aryl methyl sites for hydroxylation is 2. The van der Waals surface area contributed by atoms with Crippen molar-refractivity contribution >= 4 is 5.97 Å². The Kier molecular flexibility index (Phi) is 4.68. The van der Waals surface area contributed by atoms with Crippen LogP contribution in [-0.2, 0) is 4.79 Å². The van der Waals surface area contributed by atoms with Crippen molar-refractivity contribution in [3.05, 3.63) is 65.7 Å². The number of rotatable bonds is 3. The summed E-state index contributed by atoms with van der Waals surface area (Å²) >= 11 is 0. The molecule has 0 fully saturated rings. The summed E-state index contributed by atoms with van der Waals surface area (Å²) in [5, 5.41) is 4.72. The molecule has 0 amide bonds. The van der Waals surface area contributed by atoms with Gasteiger partial charge < -0.3 is 4.74 Å². The van der Waals surface area contributed by atoms with Crippen LogP contribution < -0.4 is 4.74 Å². The van der Waals surface area contributed by atoms with Gasteiger partial charge in [0.05, 0.1) is 16.8 Å². The predicted octanol–water partition coefficient (Wildman–Crippen LogP) is 5.11. The van der Waals surface area contributed by atoms with Gasteiger partial charge in [-0.1, -0.05) is 48.0 Å². The van der Waals surface area contributed by atoms with Gasteiger partial charge >= 0.3 is 5.97 Å². The van der Waals surface area contributed by atoms with Crippen molar-refractivity contribution in [1.82, 2.24) is 9.78 Å². The summed E-state index contributed by atoms with van der Waals surface area (Å²) < 4.78 is 7.42. The fourth-order valence-electron chi connectivity index (χ4n) is 2.65. The molecule has 0 saturated carbocycles. The summed E-state index contributed by atoms with van der Waals surface area (Å²) in [5.74, 6) is 0.138. The van der Waals surface area contributed by atoms with Crippen molar-refractivity contribution in [3.8, 4) is 22.8 Å². The van der Waals surface area contributed by atoms with Crippen LogP contribution in [0.15, 0.2) is 54.6 Å². The largest absolute Gasteiger partial charge is 0.407 e. The average Bonchev–Trinajstić information content (AvgIpc) is 2.98. The van der Waals surface area contributed by atoms with E-state index in [9.17, 15) is 4.79 Å². The summed E-state index contributed by atoms with van der Waals surface area (Å²) in [5.41, 5.74) is 4.29. The van der Waals surface area contributed by atoms with Crippen LogP contribution >= 0.6 is 0 Å². The molecule has 0 saturated heterocycles. The first-order chi connectivity index (χ1) is 12.3. The highest BCUT2D eigenvalue weighted by atomic mass is 16.5. The van der Waals surface area contributed by atoms with Gasteiger partial charge in [0, 0.05) is 11.6 Å². The second-order valence-corrected chi connectivity index (χ2v) is 7.58. The van der Waals surface area contributed by atoms with Crippen molar-refractivity contribution < 1.29 is 9.53 Å². The zero-order valence-corrected chi connectivity index (χ0v) is 15.9. The van der Waals surface area contributed by atoms with Gasteiger partial charge in [0.2, 0.25) is 5.88 Å². The normalized spacial score (nSPS) is 11.4. The lowest BCUT2D eigenvalue weighted by Gasteiger charge is -2.17. The van der Waals surface area contributed by atoms with E-state index >= 15 is 0 Å². The van der Waals surface area contributed by atoms with E-state index in [0.29, 0.717) is 5.88 Å². The van der Waals surface area contributed by atoms with E-state index in [2.05, 4.69) is 13.0 Å². The van der Waals surface area contributed by atoms with Crippen molar-refractivity contribution in [2.45, 2.75) is 34.6 Å². The molecule has 0 atom stereocenters. The number of carbonyl (C=O) groups excluding carboxylic acids is 1. The highest BCUT2D eigenvalue weighted by molar-refractivity contribution is 5.78. The maximum absolute atomic E-state index is 12.4. The Bertz CT molecular complexity index is 935. The molecule has 26 heavy (non-hydrogen) atoms. The molecule has 4 nitrogen and oxygen atoms in total.